The Morgan fingerprint density at radius 2 is 1.36 bits per heavy atom. The Bertz CT molecular complexity index is 891. The first-order chi connectivity index (χ1) is 16.6. The molecule has 0 amide bonds. The van der Waals surface area contributed by atoms with Crippen molar-refractivity contribution in [2.24, 2.45) is 0 Å². The number of aliphatic carboxylic acids is 2. The van der Waals surface area contributed by atoms with Crippen molar-refractivity contribution in [3.8, 4) is 5.75 Å². The van der Waals surface area contributed by atoms with Gasteiger partial charge in [-0.2, -0.15) is 8.42 Å². The monoisotopic (exact) mass is 540 g/mol. The van der Waals surface area contributed by atoms with E-state index in [-0.39, 0.29) is 41.9 Å². The predicted octanol–water partition coefficient (Wildman–Crippen LogP) is 3.83. The molecule has 0 bridgehead atoms. The molecule has 0 aliphatic rings. The summed E-state index contributed by atoms with van der Waals surface area (Å²) in [7, 11) is -4.91. The standard InChI is InChI=1S/C24H36O10S.Na.H/c1-2-3-4-5-6-7-8-9-10-14-17-32-35(30,31)34-24(23(28)29,18-21(25)26)19-22(27)33-20-15-12-11-13-16-20;;/h11-13,15-16H,2-10,14,17-19H2,1H3,(H,25,26)(H,28,29);;. The molecule has 1 aromatic rings. The van der Waals surface area contributed by atoms with E-state index in [0.717, 1.165) is 19.3 Å². The number of hydrogen-bond acceptors (Lipinski definition) is 8. The first kappa shape index (κ1) is 34.5. The fourth-order valence-corrected chi connectivity index (χ4v) is 4.36. The van der Waals surface area contributed by atoms with Crippen LogP contribution in [0.4, 0.5) is 0 Å². The summed E-state index contributed by atoms with van der Waals surface area (Å²) in [5.74, 6) is -4.72. The molecule has 0 aliphatic carbocycles. The van der Waals surface area contributed by atoms with Gasteiger partial charge >= 0.3 is 57.9 Å². The maximum absolute atomic E-state index is 12.3. The molecular weight excluding hydrogens is 503 g/mol. The summed E-state index contributed by atoms with van der Waals surface area (Å²) in [4.78, 5) is 35.4. The summed E-state index contributed by atoms with van der Waals surface area (Å²) in [6.07, 6.45) is 7.78. The van der Waals surface area contributed by atoms with E-state index < -0.39 is 46.7 Å². The van der Waals surface area contributed by atoms with E-state index in [1.165, 1.54) is 44.2 Å². The SMILES string of the molecule is CCCCCCCCCCCCOS(=O)(=O)OC(CC(=O)O)(CC(=O)Oc1ccccc1)C(=O)O.[NaH]. The molecule has 0 saturated heterocycles. The van der Waals surface area contributed by atoms with Crippen molar-refractivity contribution < 1.29 is 46.1 Å². The summed E-state index contributed by atoms with van der Waals surface area (Å²) >= 11 is 0. The molecule has 10 nitrogen and oxygen atoms in total. The van der Waals surface area contributed by atoms with Crippen molar-refractivity contribution in [3.63, 3.8) is 0 Å². The number of para-hydroxylation sites is 1. The Labute approximate surface area is 235 Å². The minimum absolute atomic E-state index is 0. The first-order valence-electron chi connectivity index (χ1n) is 11.9. The summed E-state index contributed by atoms with van der Waals surface area (Å²) in [6, 6.07) is 7.62. The van der Waals surface area contributed by atoms with E-state index >= 15 is 0 Å². The number of carbonyl (C=O) groups is 3. The van der Waals surface area contributed by atoms with Crippen LogP contribution in [0.15, 0.2) is 30.3 Å². The Kier molecular flexibility index (Phi) is 17.9. The van der Waals surface area contributed by atoms with Gasteiger partial charge in [0, 0.05) is 0 Å². The number of carboxylic acids is 2. The molecule has 0 heterocycles. The zero-order valence-corrected chi connectivity index (χ0v) is 21.0. The molecule has 1 rings (SSSR count). The van der Waals surface area contributed by atoms with Crippen molar-refractivity contribution in [1.82, 2.24) is 0 Å². The summed E-state index contributed by atoms with van der Waals surface area (Å²) in [5, 5.41) is 18.7. The second-order valence-electron chi connectivity index (χ2n) is 8.33. The quantitative estimate of drug-likeness (QED) is 0.108. The molecule has 36 heavy (non-hydrogen) atoms. The van der Waals surface area contributed by atoms with Crippen molar-refractivity contribution in [1.29, 1.82) is 0 Å². The molecule has 1 atom stereocenters. The van der Waals surface area contributed by atoms with Crippen molar-refractivity contribution in [2.45, 2.75) is 89.6 Å². The van der Waals surface area contributed by atoms with Gasteiger partial charge in [0.05, 0.1) is 19.4 Å². The number of carboxylic acid groups (broad SMARTS) is 2. The zero-order chi connectivity index (χ0) is 26.2. The Morgan fingerprint density at radius 3 is 1.86 bits per heavy atom. The molecule has 12 heteroatoms. The van der Waals surface area contributed by atoms with Crippen molar-refractivity contribution in [3.05, 3.63) is 30.3 Å². The third-order valence-electron chi connectivity index (χ3n) is 5.22. The summed E-state index contributed by atoms with van der Waals surface area (Å²) in [5.41, 5.74) is -2.92. The van der Waals surface area contributed by atoms with Gasteiger partial charge in [-0.25, -0.2) is 13.2 Å². The third kappa shape index (κ3) is 14.9. The second-order valence-corrected chi connectivity index (χ2v) is 9.55. The predicted molar refractivity (Wildman–Crippen MR) is 134 cm³/mol. The Balaban J connectivity index is 0.0000122. The number of ether oxygens (including phenoxy) is 1. The van der Waals surface area contributed by atoms with E-state index in [2.05, 4.69) is 11.1 Å². The molecule has 0 aliphatic heterocycles. The fraction of sp³-hybridized carbons (Fsp3) is 0.625. The second kappa shape index (κ2) is 18.7. The van der Waals surface area contributed by atoms with E-state index in [0.29, 0.717) is 12.8 Å². The molecule has 200 valence electrons. The molecule has 2 N–H and O–H groups in total. The molecular formula is C24H37NaO10S. The van der Waals surface area contributed by atoms with Crippen LogP contribution < -0.4 is 4.74 Å². The Morgan fingerprint density at radius 1 is 0.833 bits per heavy atom. The van der Waals surface area contributed by atoms with Crippen LogP contribution in [0.5, 0.6) is 5.75 Å². The van der Waals surface area contributed by atoms with Gasteiger partial charge in [-0.1, -0.05) is 82.9 Å². The van der Waals surface area contributed by atoms with Crippen LogP contribution in [0, 0.1) is 0 Å². The molecule has 0 fully saturated rings. The van der Waals surface area contributed by atoms with Gasteiger partial charge in [0.15, 0.2) is 0 Å². The van der Waals surface area contributed by atoms with Crippen molar-refractivity contribution in [2.75, 3.05) is 6.61 Å². The number of unbranched alkanes of at least 4 members (excludes halogenated alkanes) is 9. The number of carbonyl (C=O) groups excluding carboxylic acids is 1. The van der Waals surface area contributed by atoms with Gasteiger partial charge < -0.3 is 14.9 Å². The van der Waals surface area contributed by atoms with Gasteiger partial charge in [0.2, 0.25) is 5.60 Å². The van der Waals surface area contributed by atoms with Crippen LogP contribution in [0.25, 0.3) is 0 Å². The molecule has 0 aromatic heterocycles. The van der Waals surface area contributed by atoms with Crippen LogP contribution >= 0.6 is 0 Å². The number of hydrogen-bond donors (Lipinski definition) is 2. The average Bonchev–Trinajstić information content (AvgIpc) is 2.77. The molecule has 0 saturated carbocycles. The number of rotatable bonds is 20. The van der Waals surface area contributed by atoms with Gasteiger partial charge in [-0.3, -0.25) is 9.59 Å². The Hall–Kier alpha value is -1.50. The number of esters is 1. The van der Waals surface area contributed by atoms with Crippen LogP contribution in [0.3, 0.4) is 0 Å². The van der Waals surface area contributed by atoms with Crippen molar-refractivity contribution >= 4 is 57.9 Å². The van der Waals surface area contributed by atoms with E-state index in [1.54, 1.807) is 18.2 Å². The fourth-order valence-electron chi connectivity index (χ4n) is 3.41. The molecule has 0 spiro atoms. The topological polar surface area (TPSA) is 154 Å². The van der Waals surface area contributed by atoms with Gasteiger partial charge in [0.25, 0.3) is 0 Å². The third-order valence-corrected chi connectivity index (χ3v) is 6.20. The zero-order valence-electron chi connectivity index (χ0n) is 20.1. The van der Waals surface area contributed by atoms with Gasteiger partial charge in [-0.15, -0.1) is 0 Å². The van der Waals surface area contributed by atoms with Crippen LogP contribution in [-0.4, -0.2) is 78.3 Å². The summed E-state index contributed by atoms with van der Waals surface area (Å²) in [6.45, 7) is 1.91. The number of benzene rings is 1. The van der Waals surface area contributed by atoms with Crippen LogP contribution in [0.2, 0.25) is 0 Å². The van der Waals surface area contributed by atoms with E-state index in [4.69, 9.17) is 14.0 Å². The van der Waals surface area contributed by atoms with Gasteiger partial charge in [-0.05, 0) is 18.6 Å². The molecule has 1 aromatic carbocycles. The van der Waals surface area contributed by atoms with Crippen LogP contribution in [0.1, 0.15) is 84.0 Å². The average molecular weight is 541 g/mol. The van der Waals surface area contributed by atoms with Gasteiger partial charge in [0.1, 0.15) is 5.75 Å². The first-order valence-corrected chi connectivity index (χ1v) is 13.2. The van der Waals surface area contributed by atoms with Crippen LogP contribution in [-0.2, 0) is 33.1 Å². The van der Waals surface area contributed by atoms with E-state index in [9.17, 15) is 27.9 Å². The minimum atomic E-state index is -4.91. The molecule has 1 unspecified atom stereocenters. The maximum atomic E-state index is 12.3. The summed E-state index contributed by atoms with van der Waals surface area (Å²) < 4.78 is 38.9. The normalized spacial score (nSPS) is 12.8. The molecule has 0 radical (unpaired) electrons. The van der Waals surface area contributed by atoms with E-state index in [1.807, 2.05) is 0 Å².